The molecule has 146 valence electrons. The molecule has 0 fully saturated rings. The van der Waals surface area contributed by atoms with Gasteiger partial charge < -0.3 is 5.11 Å². The summed E-state index contributed by atoms with van der Waals surface area (Å²) in [6.07, 6.45) is -10.8. The van der Waals surface area contributed by atoms with Gasteiger partial charge in [-0.2, -0.15) is 35.1 Å². The van der Waals surface area contributed by atoms with Crippen LogP contribution in [0, 0.1) is 0 Å². The maximum atomic E-state index is 14.1. The molecule has 0 saturated carbocycles. The lowest BCUT2D eigenvalue weighted by Gasteiger charge is -2.36. The summed E-state index contributed by atoms with van der Waals surface area (Å²) in [6, 6.07) is 9.40. The normalized spacial score (nSPS) is 15.7. The Morgan fingerprint density at radius 3 is 1.63 bits per heavy atom. The predicted octanol–water partition coefficient (Wildman–Crippen LogP) is 5.80. The fourth-order valence-electron chi connectivity index (χ4n) is 2.42. The van der Waals surface area contributed by atoms with Gasteiger partial charge in [-0.25, -0.2) is 0 Å². The van der Waals surface area contributed by atoms with Gasteiger partial charge in [0.15, 0.2) is 5.60 Å². The topological polar surface area (TPSA) is 20.2 Å². The molecule has 1 nitrogen and oxygen atoms in total. The maximum absolute atomic E-state index is 14.1. The predicted molar refractivity (Wildman–Crippen MR) is 81.8 cm³/mol. The average Bonchev–Trinajstić information content (AvgIpc) is 2.58. The van der Waals surface area contributed by atoms with Crippen LogP contribution >= 0.6 is 0 Å². The van der Waals surface area contributed by atoms with E-state index < -0.39 is 35.0 Å². The van der Waals surface area contributed by atoms with Gasteiger partial charge in [-0.15, -0.1) is 0 Å². The van der Waals surface area contributed by atoms with E-state index in [4.69, 9.17) is 0 Å². The van der Waals surface area contributed by atoms with Gasteiger partial charge in [-0.3, -0.25) is 0 Å². The Morgan fingerprint density at radius 1 is 0.667 bits per heavy atom. The van der Waals surface area contributed by atoms with Crippen LogP contribution in [-0.2, 0) is 11.8 Å². The zero-order chi connectivity index (χ0) is 20.5. The minimum absolute atomic E-state index is 0.0282. The van der Waals surface area contributed by atoms with E-state index in [1.807, 2.05) is 0 Å². The molecule has 2 rings (SSSR count). The Kier molecular flexibility index (Phi) is 5.38. The van der Waals surface area contributed by atoms with Crippen LogP contribution in [0.15, 0.2) is 60.7 Å². The van der Waals surface area contributed by atoms with Crippen molar-refractivity contribution in [3.63, 3.8) is 0 Å². The Labute approximate surface area is 148 Å². The van der Waals surface area contributed by atoms with Crippen LogP contribution in [0.1, 0.15) is 16.7 Å². The van der Waals surface area contributed by atoms with Gasteiger partial charge in [-0.05, 0) is 17.7 Å². The van der Waals surface area contributed by atoms with E-state index in [1.54, 1.807) is 0 Å². The van der Waals surface area contributed by atoms with E-state index in [2.05, 4.69) is 0 Å². The van der Waals surface area contributed by atoms with E-state index in [0.29, 0.717) is 18.2 Å². The molecule has 2 aromatic rings. The van der Waals surface area contributed by atoms with Gasteiger partial charge in [0.1, 0.15) is 0 Å². The van der Waals surface area contributed by atoms with Crippen LogP contribution in [0.5, 0.6) is 0 Å². The number of alkyl halides is 8. The lowest BCUT2D eigenvalue weighted by atomic mass is 9.82. The summed E-state index contributed by atoms with van der Waals surface area (Å²) in [5.74, 6) is -5.90. The third-order valence-corrected chi connectivity index (χ3v) is 3.79. The third-order valence-electron chi connectivity index (χ3n) is 3.79. The molecule has 0 saturated heterocycles. The van der Waals surface area contributed by atoms with Gasteiger partial charge in [0.25, 0.3) is 0 Å². The van der Waals surface area contributed by atoms with Crippen LogP contribution in [0.4, 0.5) is 35.1 Å². The van der Waals surface area contributed by atoms with Gasteiger partial charge in [0, 0.05) is 5.56 Å². The SMILES string of the molecule is OC(/C=C/c1ccccc1)(c1ccccc1C(F)(F)F)C(F)(F)C(F)(F)F. The Morgan fingerprint density at radius 2 is 1.15 bits per heavy atom. The van der Waals surface area contributed by atoms with Crippen molar-refractivity contribution >= 4 is 6.08 Å². The lowest BCUT2D eigenvalue weighted by molar-refractivity contribution is -0.335. The molecule has 1 unspecified atom stereocenters. The largest absolute Gasteiger partial charge is 0.457 e. The molecule has 0 aliphatic carbocycles. The van der Waals surface area contributed by atoms with E-state index >= 15 is 0 Å². The van der Waals surface area contributed by atoms with Crippen LogP contribution < -0.4 is 0 Å². The number of hydrogen-bond acceptors (Lipinski definition) is 1. The van der Waals surface area contributed by atoms with Crippen molar-refractivity contribution in [2.45, 2.75) is 23.9 Å². The van der Waals surface area contributed by atoms with Crippen molar-refractivity contribution in [3.8, 4) is 0 Å². The number of halogens is 8. The maximum Gasteiger partial charge on any atom is 0.457 e. The lowest BCUT2D eigenvalue weighted by Crippen LogP contribution is -2.54. The standard InChI is InChI=1S/C18H12F8O/c19-16(20,21)14-9-5-4-8-13(14)15(27,17(22,23)18(24,25)26)11-10-12-6-2-1-3-7-12/h1-11,27H/b11-10+. The van der Waals surface area contributed by atoms with E-state index in [9.17, 15) is 40.2 Å². The van der Waals surface area contributed by atoms with Gasteiger partial charge in [-0.1, -0.05) is 54.6 Å². The van der Waals surface area contributed by atoms with Crippen molar-refractivity contribution in [2.75, 3.05) is 0 Å². The summed E-state index contributed by atoms with van der Waals surface area (Å²) in [7, 11) is 0. The molecule has 0 radical (unpaired) electrons. The highest BCUT2D eigenvalue weighted by atomic mass is 19.4. The molecule has 0 aliphatic rings. The minimum Gasteiger partial charge on any atom is -0.375 e. The molecule has 0 bridgehead atoms. The fourth-order valence-corrected chi connectivity index (χ4v) is 2.42. The van der Waals surface area contributed by atoms with Crippen molar-refractivity contribution in [2.24, 2.45) is 0 Å². The smallest absolute Gasteiger partial charge is 0.375 e. The molecule has 0 aromatic heterocycles. The van der Waals surface area contributed by atoms with Crippen LogP contribution in [0.3, 0.4) is 0 Å². The molecule has 0 aliphatic heterocycles. The molecule has 0 heterocycles. The van der Waals surface area contributed by atoms with Crippen molar-refractivity contribution in [1.29, 1.82) is 0 Å². The highest BCUT2D eigenvalue weighted by molar-refractivity contribution is 5.53. The van der Waals surface area contributed by atoms with Crippen LogP contribution in [0.25, 0.3) is 6.08 Å². The molecule has 27 heavy (non-hydrogen) atoms. The van der Waals surface area contributed by atoms with Crippen molar-refractivity contribution in [1.82, 2.24) is 0 Å². The first kappa shape index (κ1) is 20.9. The summed E-state index contributed by atoms with van der Waals surface area (Å²) in [5, 5.41) is 10.3. The molecule has 0 amide bonds. The van der Waals surface area contributed by atoms with E-state index in [-0.39, 0.29) is 11.6 Å². The second-order valence-electron chi connectivity index (χ2n) is 5.63. The molecule has 9 heteroatoms. The highest BCUT2D eigenvalue weighted by Crippen LogP contribution is 2.51. The summed E-state index contributed by atoms with van der Waals surface area (Å²) < 4.78 is 107. The number of hydrogen-bond donors (Lipinski definition) is 1. The monoisotopic (exact) mass is 396 g/mol. The summed E-state index contributed by atoms with van der Waals surface area (Å²) in [5.41, 5.74) is -7.58. The van der Waals surface area contributed by atoms with Gasteiger partial charge in [0.05, 0.1) is 5.56 Å². The first-order valence-electron chi connectivity index (χ1n) is 7.38. The second-order valence-corrected chi connectivity index (χ2v) is 5.63. The summed E-state index contributed by atoms with van der Waals surface area (Å²) in [4.78, 5) is 0. The number of benzene rings is 2. The molecule has 1 N–H and O–H groups in total. The average molecular weight is 396 g/mol. The third kappa shape index (κ3) is 3.97. The minimum atomic E-state index is -6.30. The van der Waals surface area contributed by atoms with Crippen molar-refractivity contribution in [3.05, 3.63) is 77.4 Å². The quantitative estimate of drug-likeness (QED) is 0.648. The Bertz CT molecular complexity index is 808. The first-order chi connectivity index (χ1) is 12.3. The van der Waals surface area contributed by atoms with Crippen molar-refractivity contribution < 1.29 is 40.2 Å². The Hall–Kier alpha value is -2.42. The molecule has 1 atom stereocenters. The van der Waals surface area contributed by atoms with E-state index in [1.165, 1.54) is 30.3 Å². The molecular weight excluding hydrogens is 384 g/mol. The number of aliphatic hydroxyl groups is 1. The summed E-state index contributed by atoms with van der Waals surface area (Å²) >= 11 is 0. The zero-order valence-electron chi connectivity index (χ0n) is 13.3. The molecule has 0 spiro atoms. The second kappa shape index (κ2) is 6.95. The van der Waals surface area contributed by atoms with Crippen LogP contribution in [-0.4, -0.2) is 17.2 Å². The number of rotatable bonds is 4. The summed E-state index contributed by atoms with van der Waals surface area (Å²) in [6.45, 7) is 0. The van der Waals surface area contributed by atoms with Gasteiger partial charge >= 0.3 is 18.3 Å². The van der Waals surface area contributed by atoms with Crippen LogP contribution in [0.2, 0.25) is 0 Å². The highest BCUT2D eigenvalue weighted by Gasteiger charge is 2.70. The van der Waals surface area contributed by atoms with E-state index in [0.717, 1.165) is 12.1 Å². The van der Waals surface area contributed by atoms with Gasteiger partial charge in [0.2, 0.25) is 0 Å². The Balaban J connectivity index is 2.75. The fraction of sp³-hybridized carbons (Fsp3) is 0.222. The first-order valence-corrected chi connectivity index (χ1v) is 7.38. The molecule has 2 aromatic carbocycles. The zero-order valence-corrected chi connectivity index (χ0v) is 13.3. The molecular formula is C18H12F8O.